The van der Waals surface area contributed by atoms with Crippen LogP contribution >= 0.6 is 0 Å². The molecule has 2 aliphatic heterocycles. The van der Waals surface area contributed by atoms with Crippen molar-refractivity contribution in [3.05, 3.63) is 64.6 Å². The van der Waals surface area contributed by atoms with Crippen LogP contribution < -0.4 is 10.3 Å². The molecule has 1 aromatic heterocycles. The maximum Gasteiger partial charge on any atom is 0.357 e. The molecule has 2 N–H and O–H groups in total. The van der Waals surface area contributed by atoms with E-state index in [9.17, 15) is 19.1 Å². The molecule has 188 valence electrons. The zero-order chi connectivity index (χ0) is 25.8. The lowest BCUT2D eigenvalue weighted by atomic mass is 9.92. The number of halogens is 1. The Kier molecular flexibility index (Phi) is 7.33. The van der Waals surface area contributed by atoms with Crippen LogP contribution in [0.2, 0.25) is 0 Å². The fourth-order valence-electron chi connectivity index (χ4n) is 4.47. The number of aromatic nitrogens is 2. The number of hydrogen-bond acceptors (Lipinski definition) is 8. The smallest absolute Gasteiger partial charge is 0.357 e. The number of carboxylic acid groups (broad SMARTS) is 1. The molecule has 0 bridgehead atoms. The minimum absolute atomic E-state index is 0.0588. The topological polar surface area (TPSA) is 132 Å². The number of aliphatic carboxylic acids is 1. The van der Waals surface area contributed by atoms with Crippen molar-refractivity contribution >= 4 is 17.8 Å². The first-order valence-electron chi connectivity index (χ1n) is 11.8. The van der Waals surface area contributed by atoms with Crippen molar-refractivity contribution in [2.45, 2.75) is 44.6 Å². The number of ether oxygens (including phenoxy) is 1. The SMILES string of the molecule is CCCc1cnc(N2CCC(OC3=C(C(=O)O)N(C)NC(=O)C3c3ccc(C#N)c(F)c3)CC2)nc1. The molecule has 0 radical (unpaired) electrons. The summed E-state index contributed by atoms with van der Waals surface area (Å²) in [7, 11) is 1.41. The normalized spacial score (nSPS) is 18.6. The molecule has 3 heterocycles. The third-order valence-electron chi connectivity index (χ3n) is 6.27. The van der Waals surface area contributed by atoms with Crippen LogP contribution in [0.4, 0.5) is 10.3 Å². The highest BCUT2D eigenvalue weighted by Gasteiger charge is 2.40. The molecule has 1 fully saturated rings. The molecule has 0 aliphatic carbocycles. The predicted octanol–water partition coefficient (Wildman–Crippen LogP) is 2.48. The summed E-state index contributed by atoms with van der Waals surface area (Å²) < 4.78 is 20.6. The zero-order valence-corrected chi connectivity index (χ0v) is 20.1. The molecule has 0 saturated carbocycles. The van der Waals surface area contributed by atoms with Gasteiger partial charge in [0.15, 0.2) is 5.70 Å². The summed E-state index contributed by atoms with van der Waals surface area (Å²) in [5.74, 6) is -3.25. The summed E-state index contributed by atoms with van der Waals surface area (Å²) in [5.41, 5.74) is 3.35. The van der Waals surface area contributed by atoms with Gasteiger partial charge in [0, 0.05) is 45.4 Å². The maximum atomic E-state index is 14.4. The molecule has 1 saturated heterocycles. The second-order valence-electron chi connectivity index (χ2n) is 8.78. The van der Waals surface area contributed by atoms with E-state index in [0.717, 1.165) is 29.5 Å². The summed E-state index contributed by atoms with van der Waals surface area (Å²) in [6.45, 7) is 3.28. The number of hydrazine groups is 1. The van der Waals surface area contributed by atoms with Gasteiger partial charge in [-0.25, -0.2) is 19.2 Å². The van der Waals surface area contributed by atoms with Gasteiger partial charge in [-0.1, -0.05) is 19.4 Å². The molecule has 0 spiro atoms. The number of nitriles is 1. The number of piperidine rings is 1. The van der Waals surface area contributed by atoms with E-state index in [4.69, 9.17) is 10.00 Å². The number of nitrogens with zero attached hydrogens (tertiary/aromatic N) is 5. The van der Waals surface area contributed by atoms with Crippen LogP contribution in [-0.2, 0) is 20.7 Å². The first kappa shape index (κ1) is 24.9. The molecular weight excluding hydrogens is 467 g/mol. The number of carbonyl (C=O) groups excluding carboxylic acids is 1. The van der Waals surface area contributed by atoms with Gasteiger partial charge >= 0.3 is 5.97 Å². The molecular formula is C25H27FN6O4. The van der Waals surface area contributed by atoms with Gasteiger partial charge in [0.1, 0.15) is 29.7 Å². The van der Waals surface area contributed by atoms with Crippen molar-refractivity contribution in [2.75, 3.05) is 25.0 Å². The quantitative estimate of drug-likeness (QED) is 0.596. The summed E-state index contributed by atoms with van der Waals surface area (Å²) in [6, 6.07) is 5.50. The maximum absolute atomic E-state index is 14.4. The van der Waals surface area contributed by atoms with Gasteiger partial charge < -0.3 is 14.7 Å². The van der Waals surface area contributed by atoms with Crippen LogP contribution in [0.5, 0.6) is 0 Å². The number of carbonyl (C=O) groups is 2. The van der Waals surface area contributed by atoms with E-state index in [1.165, 1.54) is 19.2 Å². The number of aryl methyl sites for hydroxylation is 1. The Morgan fingerprint density at radius 3 is 2.58 bits per heavy atom. The van der Waals surface area contributed by atoms with Crippen molar-refractivity contribution in [3.63, 3.8) is 0 Å². The van der Waals surface area contributed by atoms with Gasteiger partial charge in [-0.15, -0.1) is 0 Å². The number of likely N-dealkylation sites (N-methyl/N-ethyl adjacent to an activating group) is 1. The van der Waals surface area contributed by atoms with Gasteiger partial charge in [-0.3, -0.25) is 15.2 Å². The van der Waals surface area contributed by atoms with Gasteiger partial charge in [0.05, 0.1) is 5.56 Å². The minimum atomic E-state index is -1.29. The van der Waals surface area contributed by atoms with Crippen molar-refractivity contribution in [2.24, 2.45) is 0 Å². The molecule has 1 unspecified atom stereocenters. The second kappa shape index (κ2) is 10.6. The van der Waals surface area contributed by atoms with Crippen LogP contribution in [0, 0.1) is 17.1 Å². The minimum Gasteiger partial charge on any atom is -0.491 e. The van der Waals surface area contributed by atoms with E-state index in [1.54, 1.807) is 6.07 Å². The number of rotatable bonds is 7. The van der Waals surface area contributed by atoms with E-state index < -0.39 is 23.6 Å². The summed E-state index contributed by atoms with van der Waals surface area (Å²) in [5, 5.41) is 20.0. The Bertz CT molecular complexity index is 1220. The lowest BCUT2D eigenvalue weighted by Gasteiger charge is -2.37. The average molecular weight is 495 g/mol. The predicted molar refractivity (Wildman–Crippen MR) is 127 cm³/mol. The summed E-state index contributed by atoms with van der Waals surface area (Å²) in [4.78, 5) is 36.0. The average Bonchev–Trinajstić information content (AvgIpc) is 2.85. The highest BCUT2D eigenvalue weighted by molar-refractivity contribution is 5.94. The van der Waals surface area contributed by atoms with Crippen LogP contribution in [0.1, 0.15) is 48.8 Å². The molecule has 2 aromatic rings. The molecule has 1 aromatic carbocycles. The van der Waals surface area contributed by atoms with E-state index in [-0.39, 0.29) is 28.7 Å². The molecule has 1 amide bonds. The number of hydrogen-bond donors (Lipinski definition) is 2. The fraction of sp³-hybridized carbons (Fsp3) is 0.400. The summed E-state index contributed by atoms with van der Waals surface area (Å²) in [6.07, 6.45) is 6.33. The first-order valence-corrected chi connectivity index (χ1v) is 11.8. The van der Waals surface area contributed by atoms with Crippen LogP contribution in [0.15, 0.2) is 42.0 Å². The Morgan fingerprint density at radius 2 is 2.00 bits per heavy atom. The van der Waals surface area contributed by atoms with Crippen LogP contribution in [-0.4, -0.2) is 58.2 Å². The fourth-order valence-corrected chi connectivity index (χ4v) is 4.47. The molecule has 2 aliphatic rings. The highest BCUT2D eigenvalue weighted by atomic mass is 19.1. The number of anilines is 1. The lowest BCUT2D eigenvalue weighted by molar-refractivity contribution is -0.138. The lowest BCUT2D eigenvalue weighted by Crippen LogP contribution is -2.50. The standard InChI is InChI=1S/C25H27FN6O4/c1-3-4-15-13-28-25(29-14-15)32-9-7-18(8-10-32)36-22-20(16-5-6-17(12-27)19(26)11-16)23(33)30-31(2)21(22)24(34)35/h5-6,11,13-14,18,20H,3-4,7-10H2,1-2H3,(H,30,33)(H,34,35). The number of carboxylic acids is 1. The summed E-state index contributed by atoms with van der Waals surface area (Å²) >= 11 is 0. The Balaban J connectivity index is 1.56. The Labute approximate surface area is 208 Å². The highest BCUT2D eigenvalue weighted by Crippen LogP contribution is 2.35. The van der Waals surface area contributed by atoms with Crippen LogP contribution in [0.3, 0.4) is 0 Å². The van der Waals surface area contributed by atoms with Crippen molar-refractivity contribution < 1.29 is 23.8 Å². The van der Waals surface area contributed by atoms with E-state index in [2.05, 4.69) is 22.3 Å². The van der Waals surface area contributed by atoms with E-state index in [0.29, 0.717) is 31.9 Å². The molecule has 1 atom stereocenters. The third kappa shape index (κ3) is 5.07. The third-order valence-corrected chi connectivity index (χ3v) is 6.27. The largest absolute Gasteiger partial charge is 0.491 e. The zero-order valence-electron chi connectivity index (χ0n) is 20.1. The van der Waals surface area contributed by atoms with Crippen molar-refractivity contribution in [1.82, 2.24) is 20.4 Å². The number of benzene rings is 1. The van der Waals surface area contributed by atoms with Gasteiger partial charge in [0.25, 0.3) is 5.91 Å². The second-order valence-corrected chi connectivity index (χ2v) is 8.78. The number of amides is 1. The molecule has 11 heteroatoms. The molecule has 10 nitrogen and oxygen atoms in total. The van der Waals surface area contributed by atoms with Crippen LogP contribution in [0.25, 0.3) is 0 Å². The van der Waals surface area contributed by atoms with Gasteiger partial charge in [0.2, 0.25) is 5.95 Å². The van der Waals surface area contributed by atoms with Gasteiger partial charge in [-0.05, 0) is 29.7 Å². The monoisotopic (exact) mass is 494 g/mol. The van der Waals surface area contributed by atoms with Crippen molar-refractivity contribution in [1.29, 1.82) is 5.26 Å². The van der Waals surface area contributed by atoms with Crippen molar-refractivity contribution in [3.8, 4) is 6.07 Å². The van der Waals surface area contributed by atoms with E-state index in [1.807, 2.05) is 17.3 Å². The van der Waals surface area contributed by atoms with E-state index >= 15 is 0 Å². The Morgan fingerprint density at radius 1 is 1.31 bits per heavy atom. The molecule has 4 rings (SSSR count). The Hall–Kier alpha value is -4.20. The van der Waals surface area contributed by atoms with Gasteiger partial charge in [-0.2, -0.15) is 5.26 Å². The number of nitrogens with one attached hydrogen (secondary N) is 1. The molecule has 36 heavy (non-hydrogen) atoms. The first-order chi connectivity index (χ1) is 17.3.